The Bertz CT molecular complexity index is 2130. The lowest BCUT2D eigenvalue weighted by atomic mass is 9.93. The Morgan fingerprint density at radius 3 is 2.06 bits per heavy atom. The van der Waals surface area contributed by atoms with E-state index in [2.05, 4.69) is 29.0 Å². The topological polar surface area (TPSA) is 108 Å². The smallest absolute Gasteiger partial charge is 0.261 e. The number of halogens is 2. The van der Waals surface area contributed by atoms with Gasteiger partial charge in [0, 0.05) is 82.8 Å². The number of nitrogens with zero attached hydrogens (tertiary/aromatic N) is 5. The molecule has 7 rings (SSSR count). The lowest BCUT2D eigenvalue weighted by molar-refractivity contribution is 0.0579. The molecule has 49 heavy (non-hydrogen) atoms. The fraction of sp³-hybridized carbons (Fsp3) is 0.270. The van der Waals surface area contributed by atoms with Crippen LogP contribution in [-0.2, 0) is 0 Å². The van der Waals surface area contributed by atoms with E-state index in [4.69, 9.17) is 23.2 Å². The lowest BCUT2D eigenvalue weighted by Crippen LogP contribution is -2.46. The highest BCUT2D eigenvalue weighted by Crippen LogP contribution is 2.38. The van der Waals surface area contributed by atoms with Gasteiger partial charge in [-0.2, -0.15) is 0 Å². The first-order valence-corrected chi connectivity index (χ1v) is 17.0. The second kappa shape index (κ2) is 13.4. The van der Waals surface area contributed by atoms with Crippen molar-refractivity contribution in [3.8, 4) is 5.69 Å². The van der Waals surface area contributed by atoms with Crippen LogP contribution in [0.3, 0.4) is 0 Å². The van der Waals surface area contributed by atoms with Crippen molar-refractivity contribution in [3.63, 3.8) is 0 Å². The third-order valence-corrected chi connectivity index (χ3v) is 10.2. The Morgan fingerprint density at radius 1 is 0.755 bits per heavy atom. The molecule has 0 spiro atoms. The van der Waals surface area contributed by atoms with E-state index < -0.39 is 0 Å². The van der Waals surface area contributed by atoms with Crippen LogP contribution >= 0.6 is 23.2 Å². The highest BCUT2D eigenvalue weighted by Gasteiger charge is 2.35. The molecular weight excluding hydrogens is 663 g/mol. The maximum Gasteiger partial charge on any atom is 0.261 e. The monoisotopic (exact) mass is 696 g/mol. The molecule has 4 aromatic carbocycles. The van der Waals surface area contributed by atoms with Crippen molar-refractivity contribution < 1.29 is 19.2 Å². The van der Waals surface area contributed by atoms with Crippen molar-refractivity contribution in [1.82, 2.24) is 29.6 Å². The van der Waals surface area contributed by atoms with Gasteiger partial charge in [0.2, 0.25) is 0 Å². The molecule has 3 heterocycles. The van der Waals surface area contributed by atoms with Crippen LogP contribution in [-0.4, -0.2) is 93.2 Å². The molecule has 1 aromatic heterocycles. The minimum absolute atomic E-state index is 0.190. The van der Waals surface area contributed by atoms with Crippen molar-refractivity contribution in [1.29, 1.82) is 0 Å². The number of imide groups is 2. The summed E-state index contributed by atoms with van der Waals surface area (Å²) in [5.74, 6) is -1.32. The molecule has 0 bridgehead atoms. The summed E-state index contributed by atoms with van der Waals surface area (Å²) in [6, 6.07) is 16.2. The molecule has 0 unspecified atom stereocenters. The molecule has 2 aliphatic heterocycles. The SMILES string of the molecule is CC(C)N(CCCNCCN1C(=O)c2cccc3c(Cl)c(Cl)cc(c23)C1=O)CCN1C(=O)c2cccc3c(-n4ccnc4)ccc(c23)C1=O. The Kier molecular flexibility index (Phi) is 8.97. The molecule has 2 aliphatic rings. The Balaban J connectivity index is 0.939. The molecule has 4 amide bonds. The van der Waals surface area contributed by atoms with E-state index in [9.17, 15) is 19.2 Å². The molecular formula is C37H34Cl2N6O4. The van der Waals surface area contributed by atoms with Gasteiger partial charge in [0.15, 0.2) is 0 Å². The highest BCUT2D eigenvalue weighted by molar-refractivity contribution is 6.46. The quantitative estimate of drug-likeness (QED) is 0.125. The standard InChI is InChI=1S/C37H34Cl2N6O4/c1-22(2)42(15-5-12-40-14-17-44-34(46)26-9-4-7-24-32(26)28(37(44)49)20-29(38)33(24)39)18-19-45-35(47)25-8-3-6-23-30(43-16-13-41-21-43)11-10-27(31(23)25)36(45)48/h3-4,6-11,13,16,20-22,40H,5,12,14-15,17-19H2,1-2H3. The largest absolute Gasteiger partial charge is 0.315 e. The van der Waals surface area contributed by atoms with Gasteiger partial charge in [-0.3, -0.25) is 33.9 Å². The molecule has 0 saturated carbocycles. The predicted octanol–water partition coefficient (Wildman–Crippen LogP) is 6.07. The average Bonchev–Trinajstić information content (AvgIpc) is 3.64. The molecule has 0 aliphatic carbocycles. The number of amides is 4. The summed E-state index contributed by atoms with van der Waals surface area (Å²) in [6.07, 6.45) is 6.01. The Hall–Kier alpha value is -4.61. The molecule has 5 aromatic rings. The van der Waals surface area contributed by atoms with Gasteiger partial charge in [-0.25, -0.2) is 4.98 Å². The van der Waals surface area contributed by atoms with Crippen LogP contribution in [0.1, 0.15) is 61.7 Å². The van der Waals surface area contributed by atoms with Crippen LogP contribution in [0, 0.1) is 0 Å². The highest BCUT2D eigenvalue weighted by atomic mass is 35.5. The van der Waals surface area contributed by atoms with Crippen LogP contribution in [0.25, 0.3) is 27.2 Å². The molecule has 250 valence electrons. The predicted molar refractivity (Wildman–Crippen MR) is 190 cm³/mol. The van der Waals surface area contributed by atoms with Crippen molar-refractivity contribution in [3.05, 3.63) is 106 Å². The number of carbonyl (C=O) groups is 4. The third-order valence-electron chi connectivity index (χ3n) is 9.41. The van der Waals surface area contributed by atoms with Gasteiger partial charge in [-0.1, -0.05) is 47.5 Å². The van der Waals surface area contributed by atoms with Crippen LogP contribution < -0.4 is 5.32 Å². The number of benzene rings is 4. The number of aromatic nitrogens is 2. The van der Waals surface area contributed by atoms with Gasteiger partial charge in [-0.05, 0) is 63.7 Å². The van der Waals surface area contributed by atoms with Crippen molar-refractivity contribution in [2.45, 2.75) is 26.3 Å². The summed E-state index contributed by atoms with van der Waals surface area (Å²) in [7, 11) is 0. The Morgan fingerprint density at radius 2 is 1.39 bits per heavy atom. The average molecular weight is 698 g/mol. The van der Waals surface area contributed by atoms with Crippen molar-refractivity contribution >= 4 is 68.4 Å². The zero-order valence-corrected chi connectivity index (χ0v) is 28.6. The summed E-state index contributed by atoms with van der Waals surface area (Å²) in [4.78, 5) is 62.9. The first-order chi connectivity index (χ1) is 23.7. The minimum atomic E-state index is -0.389. The van der Waals surface area contributed by atoms with Crippen molar-refractivity contribution in [2.75, 3.05) is 39.3 Å². The maximum atomic E-state index is 13.6. The zero-order chi connectivity index (χ0) is 34.4. The summed E-state index contributed by atoms with van der Waals surface area (Å²) < 4.78 is 1.87. The van der Waals surface area contributed by atoms with E-state index >= 15 is 0 Å². The lowest BCUT2D eigenvalue weighted by Gasteiger charge is -2.32. The summed E-state index contributed by atoms with van der Waals surface area (Å²) in [6.45, 7) is 7.00. The molecule has 0 atom stereocenters. The third kappa shape index (κ3) is 5.78. The molecule has 0 fully saturated rings. The van der Waals surface area contributed by atoms with Crippen LogP contribution in [0.2, 0.25) is 10.0 Å². The van der Waals surface area contributed by atoms with Gasteiger partial charge in [0.05, 0.1) is 27.6 Å². The van der Waals surface area contributed by atoms with Crippen LogP contribution in [0.4, 0.5) is 0 Å². The van der Waals surface area contributed by atoms with E-state index in [1.807, 2.05) is 29.0 Å². The number of hydrogen-bond donors (Lipinski definition) is 1. The minimum Gasteiger partial charge on any atom is -0.315 e. The molecule has 10 nitrogen and oxygen atoms in total. The summed E-state index contributed by atoms with van der Waals surface area (Å²) >= 11 is 12.7. The number of nitrogens with one attached hydrogen (secondary N) is 1. The van der Waals surface area contributed by atoms with Crippen LogP contribution in [0.15, 0.2) is 73.3 Å². The van der Waals surface area contributed by atoms with E-state index in [0.29, 0.717) is 63.1 Å². The maximum absolute atomic E-state index is 13.6. The second-order valence-corrected chi connectivity index (χ2v) is 13.3. The first kappa shape index (κ1) is 32.9. The Labute approximate surface area is 293 Å². The number of carbonyl (C=O) groups excluding carboxylic acids is 4. The van der Waals surface area contributed by atoms with Gasteiger partial charge in [-0.15, -0.1) is 0 Å². The summed E-state index contributed by atoms with van der Waals surface area (Å²) in [5.41, 5.74) is 2.71. The normalized spacial score (nSPS) is 14.4. The summed E-state index contributed by atoms with van der Waals surface area (Å²) in [5, 5.41) is 6.58. The molecule has 12 heteroatoms. The fourth-order valence-electron chi connectivity index (χ4n) is 6.89. The van der Waals surface area contributed by atoms with E-state index in [1.54, 1.807) is 42.9 Å². The zero-order valence-electron chi connectivity index (χ0n) is 27.1. The number of rotatable bonds is 12. The molecule has 1 N–H and O–H groups in total. The fourth-order valence-corrected chi connectivity index (χ4v) is 7.31. The van der Waals surface area contributed by atoms with Gasteiger partial charge in [0.1, 0.15) is 0 Å². The second-order valence-electron chi connectivity index (χ2n) is 12.5. The first-order valence-electron chi connectivity index (χ1n) is 16.3. The van der Waals surface area contributed by atoms with Crippen LogP contribution in [0.5, 0.6) is 0 Å². The molecule has 0 radical (unpaired) electrons. The van der Waals surface area contributed by atoms with E-state index in [-0.39, 0.29) is 47.8 Å². The molecule has 0 saturated heterocycles. The van der Waals surface area contributed by atoms with E-state index in [0.717, 1.165) is 24.0 Å². The van der Waals surface area contributed by atoms with Gasteiger partial charge >= 0.3 is 0 Å². The van der Waals surface area contributed by atoms with Gasteiger partial charge < -0.3 is 9.88 Å². The number of imidazole rings is 1. The van der Waals surface area contributed by atoms with Gasteiger partial charge in [0.25, 0.3) is 23.6 Å². The van der Waals surface area contributed by atoms with Crippen molar-refractivity contribution in [2.24, 2.45) is 0 Å². The number of hydrogen-bond acceptors (Lipinski definition) is 7. The van der Waals surface area contributed by atoms with E-state index in [1.165, 1.54) is 15.9 Å².